The van der Waals surface area contributed by atoms with E-state index >= 15 is 0 Å². The topological polar surface area (TPSA) is 78.9 Å². The number of hydrogen-bond donors (Lipinski definition) is 2. The molecule has 2 N–H and O–H groups in total. The third-order valence-electron chi connectivity index (χ3n) is 2.91. The summed E-state index contributed by atoms with van der Waals surface area (Å²) in [5, 5.41) is 11.5. The van der Waals surface area contributed by atoms with Crippen LogP contribution in [0, 0.1) is 0 Å². The molecule has 0 spiro atoms. The van der Waals surface area contributed by atoms with Crippen LogP contribution in [0.15, 0.2) is 0 Å². The highest BCUT2D eigenvalue weighted by molar-refractivity contribution is 5.76. The quantitative estimate of drug-likeness (QED) is 0.590. The standard InChI is InChI=1S/C13H24N2O4/c1-2-9-19-10-3-7-14-13(18)15(11-4-5-11)8-6-12(16)17/h11H,2-10H2,1H3,(H,14,18)(H,16,17). The van der Waals surface area contributed by atoms with Crippen LogP contribution in [0.1, 0.15) is 39.0 Å². The third-order valence-corrected chi connectivity index (χ3v) is 2.91. The molecule has 1 aliphatic rings. The van der Waals surface area contributed by atoms with E-state index in [0.29, 0.717) is 13.2 Å². The zero-order chi connectivity index (χ0) is 14.1. The van der Waals surface area contributed by atoms with E-state index < -0.39 is 5.97 Å². The molecule has 0 bridgehead atoms. The number of carboxylic acids is 1. The summed E-state index contributed by atoms with van der Waals surface area (Å²) in [4.78, 5) is 24.1. The van der Waals surface area contributed by atoms with Gasteiger partial charge in [0.1, 0.15) is 0 Å². The van der Waals surface area contributed by atoms with Crippen LogP contribution in [0.3, 0.4) is 0 Å². The van der Waals surface area contributed by atoms with Crippen molar-refractivity contribution in [3.05, 3.63) is 0 Å². The van der Waals surface area contributed by atoms with Crippen molar-refractivity contribution in [1.82, 2.24) is 10.2 Å². The molecule has 1 saturated carbocycles. The van der Waals surface area contributed by atoms with Crippen molar-refractivity contribution in [1.29, 1.82) is 0 Å². The Labute approximate surface area is 114 Å². The molecule has 0 saturated heterocycles. The lowest BCUT2D eigenvalue weighted by atomic mass is 10.3. The summed E-state index contributed by atoms with van der Waals surface area (Å²) >= 11 is 0. The number of carbonyl (C=O) groups is 2. The van der Waals surface area contributed by atoms with Gasteiger partial charge in [0.15, 0.2) is 0 Å². The van der Waals surface area contributed by atoms with Gasteiger partial charge in [0.2, 0.25) is 0 Å². The Kier molecular flexibility index (Phi) is 7.25. The molecule has 6 heteroatoms. The summed E-state index contributed by atoms with van der Waals surface area (Å²) in [5.74, 6) is -0.869. The van der Waals surface area contributed by atoms with Crippen molar-refractivity contribution in [2.45, 2.75) is 45.1 Å². The second-order valence-electron chi connectivity index (χ2n) is 4.77. The van der Waals surface area contributed by atoms with Gasteiger partial charge >= 0.3 is 12.0 Å². The minimum absolute atomic E-state index is 0.00350. The van der Waals surface area contributed by atoms with Crippen LogP contribution < -0.4 is 5.32 Å². The van der Waals surface area contributed by atoms with Crippen molar-refractivity contribution in [2.75, 3.05) is 26.3 Å². The predicted octanol–water partition coefficient (Wildman–Crippen LogP) is 1.45. The van der Waals surface area contributed by atoms with Crippen molar-refractivity contribution >= 4 is 12.0 Å². The monoisotopic (exact) mass is 272 g/mol. The molecule has 0 aliphatic heterocycles. The number of hydrogen-bond acceptors (Lipinski definition) is 3. The number of carbonyl (C=O) groups excluding carboxylic acids is 1. The lowest BCUT2D eigenvalue weighted by molar-refractivity contribution is -0.137. The number of urea groups is 1. The van der Waals surface area contributed by atoms with Gasteiger partial charge in [-0.25, -0.2) is 4.79 Å². The van der Waals surface area contributed by atoms with Gasteiger partial charge in [-0.15, -0.1) is 0 Å². The Morgan fingerprint density at radius 1 is 1.37 bits per heavy atom. The first-order valence-corrected chi connectivity index (χ1v) is 6.99. The van der Waals surface area contributed by atoms with Crippen LogP contribution in [-0.4, -0.2) is 54.4 Å². The smallest absolute Gasteiger partial charge is 0.317 e. The fraction of sp³-hybridized carbons (Fsp3) is 0.846. The summed E-state index contributed by atoms with van der Waals surface area (Å²) in [6.45, 7) is 4.31. The molecule has 0 atom stereocenters. The summed E-state index contributed by atoms with van der Waals surface area (Å²) < 4.78 is 5.32. The highest BCUT2D eigenvalue weighted by Gasteiger charge is 2.32. The summed E-state index contributed by atoms with van der Waals surface area (Å²) in [6, 6.07) is 0.0786. The highest BCUT2D eigenvalue weighted by atomic mass is 16.5. The Morgan fingerprint density at radius 3 is 2.68 bits per heavy atom. The molecule has 0 aromatic rings. The fourth-order valence-electron chi connectivity index (χ4n) is 1.77. The van der Waals surface area contributed by atoms with Gasteiger partial charge in [0, 0.05) is 32.3 Å². The van der Waals surface area contributed by atoms with Gasteiger partial charge < -0.3 is 20.1 Å². The Bertz CT molecular complexity index is 292. The normalized spacial score (nSPS) is 14.2. The molecule has 19 heavy (non-hydrogen) atoms. The highest BCUT2D eigenvalue weighted by Crippen LogP contribution is 2.26. The molecule has 2 amide bonds. The first kappa shape index (κ1) is 15.8. The second-order valence-corrected chi connectivity index (χ2v) is 4.77. The predicted molar refractivity (Wildman–Crippen MR) is 71.1 cm³/mol. The zero-order valence-corrected chi connectivity index (χ0v) is 11.6. The second kappa shape index (κ2) is 8.74. The van der Waals surface area contributed by atoms with Crippen molar-refractivity contribution < 1.29 is 19.4 Å². The largest absolute Gasteiger partial charge is 0.481 e. The molecule has 0 aromatic carbocycles. The van der Waals surface area contributed by atoms with Crippen LogP contribution >= 0.6 is 0 Å². The number of rotatable bonds is 10. The maximum absolute atomic E-state index is 11.9. The lowest BCUT2D eigenvalue weighted by Gasteiger charge is -2.22. The minimum atomic E-state index is -0.869. The van der Waals surface area contributed by atoms with Crippen LogP contribution in [0.2, 0.25) is 0 Å². The average molecular weight is 272 g/mol. The zero-order valence-electron chi connectivity index (χ0n) is 11.6. The van der Waals surface area contributed by atoms with Crippen LogP contribution in [0.5, 0.6) is 0 Å². The SMILES string of the molecule is CCCOCCCNC(=O)N(CCC(=O)O)C1CC1. The number of carboxylic acid groups (broad SMARTS) is 1. The Morgan fingerprint density at radius 2 is 2.11 bits per heavy atom. The molecule has 110 valence electrons. The average Bonchev–Trinajstić information content (AvgIpc) is 3.18. The number of amides is 2. The molecule has 1 fully saturated rings. The lowest BCUT2D eigenvalue weighted by Crippen LogP contribution is -2.42. The summed E-state index contributed by atoms with van der Waals surface area (Å²) in [5.41, 5.74) is 0. The van der Waals surface area contributed by atoms with Crippen LogP contribution in [0.4, 0.5) is 4.79 Å². The number of aliphatic carboxylic acids is 1. The summed E-state index contributed by atoms with van der Waals surface area (Å²) in [6.07, 6.45) is 3.74. The minimum Gasteiger partial charge on any atom is -0.481 e. The Balaban J connectivity index is 2.15. The van der Waals surface area contributed by atoms with Gasteiger partial charge in [0.05, 0.1) is 6.42 Å². The molecule has 6 nitrogen and oxygen atoms in total. The van der Waals surface area contributed by atoms with Gasteiger partial charge in [-0.2, -0.15) is 0 Å². The van der Waals surface area contributed by atoms with Gasteiger partial charge in [-0.3, -0.25) is 4.79 Å². The number of ether oxygens (including phenoxy) is 1. The van der Waals surface area contributed by atoms with Crippen LogP contribution in [-0.2, 0) is 9.53 Å². The van der Waals surface area contributed by atoms with E-state index in [1.165, 1.54) is 0 Å². The molecular formula is C13H24N2O4. The first-order valence-electron chi connectivity index (χ1n) is 6.99. The van der Waals surface area contributed by atoms with Crippen molar-refractivity contribution in [3.8, 4) is 0 Å². The van der Waals surface area contributed by atoms with E-state index in [2.05, 4.69) is 12.2 Å². The number of nitrogens with zero attached hydrogens (tertiary/aromatic N) is 1. The van der Waals surface area contributed by atoms with Crippen molar-refractivity contribution in [3.63, 3.8) is 0 Å². The Hall–Kier alpha value is -1.30. The number of nitrogens with one attached hydrogen (secondary N) is 1. The van der Waals surface area contributed by atoms with E-state index in [1.807, 2.05) is 0 Å². The van der Waals surface area contributed by atoms with E-state index in [-0.39, 0.29) is 25.0 Å². The van der Waals surface area contributed by atoms with E-state index in [0.717, 1.165) is 32.3 Å². The van der Waals surface area contributed by atoms with Crippen molar-refractivity contribution in [2.24, 2.45) is 0 Å². The first-order chi connectivity index (χ1) is 9.15. The molecule has 0 heterocycles. The van der Waals surface area contributed by atoms with Gasteiger partial charge in [-0.1, -0.05) is 6.92 Å². The molecule has 1 aliphatic carbocycles. The van der Waals surface area contributed by atoms with Gasteiger partial charge in [0.25, 0.3) is 0 Å². The summed E-state index contributed by atoms with van der Waals surface area (Å²) in [7, 11) is 0. The molecule has 0 aromatic heterocycles. The third kappa shape index (κ3) is 7.00. The van der Waals surface area contributed by atoms with E-state index in [9.17, 15) is 9.59 Å². The maximum atomic E-state index is 11.9. The molecule has 1 rings (SSSR count). The van der Waals surface area contributed by atoms with E-state index in [4.69, 9.17) is 9.84 Å². The maximum Gasteiger partial charge on any atom is 0.317 e. The van der Waals surface area contributed by atoms with Gasteiger partial charge in [-0.05, 0) is 25.7 Å². The molecule has 0 radical (unpaired) electrons. The molecular weight excluding hydrogens is 248 g/mol. The molecule has 0 unspecified atom stereocenters. The fourth-order valence-corrected chi connectivity index (χ4v) is 1.77. The van der Waals surface area contributed by atoms with Crippen LogP contribution in [0.25, 0.3) is 0 Å². The van der Waals surface area contributed by atoms with E-state index in [1.54, 1.807) is 4.90 Å².